The molecule has 0 radical (unpaired) electrons. The van der Waals surface area contributed by atoms with Crippen LogP contribution in [0.4, 0.5) is 0 Å². The highest BCUT2D eigenvalue weighted by atomic mass is 16.1. The molecule has 0 amide bonds. The minimum atomic E-state index is -0.0123. The second-order valence-electron chi connectivity index (χ2n) is 6.97. The average Bonchev–Trinajstić information content (AvgIpc) is 3.09. The van der Waals surface area contributed by atoms with E-state index >= 15 is 0 Å². The van der Waals surface area contributed by atoms with E-state index in [1.54, 1.807) is 0 Å². The summed E-state index contributed by atoms with van der Waals surface area (Å²) >= 11 is 0. The molecule has 2 bridgehead atoms. The Bertz CT molecular complexity index is 1140. The molecule has 2 atom stereocenters. The van der Waals surface area contributed by atoms with Crippen molar-refractivity contribution >= 4 is 38.1 Å². The lowest BCUT2D eigenvalue weighted by Crippen LogP contribution is -2.00. The summed E-state index contributed by atoms with van der Waals surface area (Å²) in [5.41, 5.74) is 2.42. The summed E-state index contributed by atoms with van der Waals surface area (Å²) in [5, 5.41) is 7.50. The molecule has 2 aliphatic carbocycles. The maximum Gasteiger partial charge on any atom is 0.155 e. The van der Waals surface area contributed by atoms with Gasteiger partial charge in [-0.15, -0.1) is 0 Å². The van der Waals surface area contributed by atoms with Crippen molar-refractivity contribution in [3.63, 3.8) is 0 Å². The van der Waals surface area contributed by atoms with Gasteiger partial charge in [0.25, 0.3) is 0 Å². The molecule has 0 spiro atoms. The van der Waals surface area contributed by atoms with Crippen molar-refractivity contribution in [2.24, 2.45) is 0 Å². The van der Waals surface area contributed by atoms with Gasteiger partial charge in [0.2, 0.25) is 0 Å². The van der Waals surface area contributed by atoms with E-state index in [2.05, 4.69) is 72.8 Å². The summed E-state index contributed by atoms with van der Waals surface area (Å²) in [6, 6.07) is 22.0. The second kappa shape index (κ2) is 4.12. The number of ketones is 1. The number of carbonyl (C=O) groups excluding carboxylic acids is 1. The molecule has 4 aromatic rings. The van der Waals surface area contributed by atoms with E-state index in [4.69, 9.17) is 0 Å². The van der Waals surface area contributed by atoms with Crippen LogP contribution in [0.5, 0.6) is 0 Å². The average molecular weight is 306 g/mol. The van der Waals surface area contributed by atoms with E-state index in [1.807, 2.05) is 0 Å². The van der Waals surface area contributed by atoms with Gasteiger partial charge in [0.15, 0.2) is 5.78 Å². The van der Waals surface area contributed by atoms with Crippen molar-refractivity contribution in [2.45, 2.75) is 11.8 Å². The molecular formula is C23H14O. The third kappa shape index (κ3) is 1.47. The molecule has 0 N–H and O–H groups in total. The first-order chi connectivity index (χ1) is 11.8. The zero-order valence-corrected chi connectivity index (χ0v) is 13.0. The zero-order valence-electron chi connectivity index (χ0n) is 13.0. The van der Waals surface area contributed by atoms with Crippen LogP contribution in [0.15, 0.2) is 72.8 Å². The van der Waals surface area contributed by atoms with Crippen LogP contribution in [-0.4, -0.2) is 5.78 Å². The quantitative estimate of drug-likeness (QED) is 0.311. The molecule has 24 heavy (non-hydrogen) atoms. The monoisotopic (exact) mass is 306 g/mol. The number of rotatable bonds is 0. The summed E-state index contributed by atoms with van der Waals surface area (Å²) in [5.74, 6) is 0.319. The lowest BCUT2D eigenvalue weighted by Gasteiger charge is -2.12. The highest BCUT2D eigenvalue weighted by molar-refractivity contribution is 6.08. The lowest BCUT2D eigenvalue weighted by molar-refractivity contribution is -0.118. The van der Waals surface area contributed by atoms with Crippen molar-refractivity contribution in [2.75, 3.05) is 0 Å². The third-order valence-corrected chi connectivity index (χ3v) is 5.64. The van der Waals surface area contributed by atoms with E-state index in [9.17, 15) is 4.79 Å². The Labute approximate surface area is 139 Å². The molecule has 0 aromatic heterocycles. The number of allylic oxidation sites excluding steroid dienone is 2. The Morgan fingerprint density at radius 3 is 1.46 bits per heavy atom. The lowest BCUT2D eigenvalue weighted by atomic mass is 9.91. The Morgan fingerprint density at radius 1 is 0.542 bits per heavy atom. The summed E-state index contributed by atoms with van der Waals surface area (Å²) in [4.78, 5) is 12.3. The first-order valence-electron chi connectivity index (χ1n) is 8.40. The Balaban J connectivity index is 1.69. The summed E-state index contributed by atoms with van der Waals surface area (Å²) in [6.07, 6.45) is 4.13. The van der Waals surface area contributed by atoms with Crippen molar-refractivity contribution in [1.29, 1.82) is 0 Å². The van der Waals surface area contributed by atoms with E-state index in [-0.39, 0.29) is 11.8 Å². The molecule has 112 valence electrons. The number of fused-ring (bicyclic) bond motifs is 8. The predicted molar refractivity (Wildman–Crippen MR) is 98.6 cm³/mol. The van der Waals surface area contributed by atoms with Gasteiger partial charge >= 0.3 is 0 Å². The maximum absolute atomic E-state index is 12.3. The van der Waals surface area contributed by atoms with Crippen LogP contribution in [-0.2, 0) is 4.79 Å². The molecule has 0 fully saturated rings. The van der Waals surface area contributed by atoms with Gasteiger partial charge in [-0.3, -0.25) is 4.79 Å². The Morgan fingerprint density at radius 2 is 0.958 bits per heavy atom. The largest absolute Gasteiger partial charge is 0.298 e. The Kier molecular flexibility index (Phi) is 2.15. The van der Waals surface area contributed by atoms with Gasteiger partial charge in [-0.25, -0.2) is 0 Å². The van der Waals surface area contributed by atoms with Crippen molar-refractivity contribution in [3.8, 4) is 0 Å². The number of carbonyl (C=O) groups is 1. The minimum absolute atomic E-state index is 0.0123. The van der Waals surface area contributed by atoms with E-state index < -0.39 is 0 Å². The van der Waals surface area contributed by atoms with Crippen LogP contribution in [0.3, 0.4) is 0 Å². The van der Waals surface area contributed by atoms with Gasteiger partial charge in [0.05, 0.1) is 11.8 Å². The first-order valence-corrected chi connectivity index (χ1v) is 8.40. The second-order valence-corrected chi connectivity index (χ2v) is 6.97. The van der Waals surface area contributed by atoms with Crippen molar-refractivity contribution < 1.29 is 4.79 Å². The summed E-state index contributed by atoms with van der Waals surface area (Å²) < 4.78 is 0. The van der Waals surface area contributed by atoms with Gasteiger partial charge in [0, 0.05) is 0 Å². The fraction of sp³-hybridized carbons (Fsp3) is 0.0870. The van der Waals surface area contributed by atoms with E-state index in [1.165, 1.54) is 43.4 Å². The number of Topliss-reactive ketones (excluding diaryl/α,β-unsaturated/α-hetero) is 1. The molecule has 6 rings (SSSR count). The molecule has 4 aromatic carbocycles. The van der Waals surface area contributed by atoms with E-state index in [0.29, 0.717) is 5.78 Å². The molecule has 1 nitrogen and oxygen atoms in total. The van der Waals surface area contributed by atoms with Crippen molar-refractivity contribution in [1.82, 2.24) is 0 Å². The summed E-state index contributed by atoms with van der Waals surface area (Å²) in [6.45, 7) is 0. The number of hydrogen-bond acceptors (Lipinski definition) is 1. The number of benzene rings is 4. The van der Waals surface area contributed by atoms with Crippen LogP contribution >= 0.6 is 0 Å². The molecule has 1 heteroatoms. The highest BCUT2D eigenvalue weighted by Gasteiger charge is 2.40. The van der Waals surface area contributed by atoms with Crippen LogP contribution in [0.1, 0.15) is 23.0 Å². The molecule has 2 aliphatic rings. The molecule has 0 heterocycles. The van der Waals surface area contributed by atoms with Crippen LogP contribution < -0.4 is 0 Å². The van der Waals surface area contributed by atoms with E-state index in [0.717, 1.165) is 0 Å². The fourth-order valence-corrected chi connectivity index (χ4v) is 4.44. The first kappa shape index (κ1) is 12.5. The summed E-state index contributed by atoms with van der Waals surface area (Å²) in [7, 11) is 0. The number of hydrogen-bond donors (Lipinski definition) is 0. The normalized spacial score (nSPS) is 21.2. The fourth-order valence-electron chi connectivity index (χ4n) is 4.44. The molecule has 2 unspecified atom stereocenters. The maximum atomic E-state index is 12.3. The molecule has 0 saturated heterocycles. The molecule has 0 saturated carbocycles. The van der Waals surface area contributed by atoms with Crippen LogP contribution in [0, 0.1) is 0 Å². The zero-order chi connectivity index (χ0) is 15.8. The smallest absolute Gasteiger partial charge is 0.155 e. The topological polar surface area (TPSA) is 17.1 Å². The van der Waals surface area contributed by atoms with Gasteiger partial charge in [-0.1, -0.05) is 36.4 Å². The van der Waals surface area contributed by atoms with Gasteiger partial charge in [0.1, 0.15) is 0 Å². The molecular weight excluding hydrogens is 292 g/mol. The van der Waals surface area contributed by atoms with Gasteiger partial charge < -0.3 is 0 Å². The Hall–Kier alpha value is -2.93. The van der Waals surface area contributed by atoms with Gasteiger partial charge in [-0.2, -0.15) is 0 Å². The van der Waals surface area contributed by atoms with Crippen molar-refractivity contribution in [3.05, 3.63) is 83.9 Å². The SMILES string of the molecule is O=C1C2C=CC1c1cc3cc4cc5ccccc5cc4cc3cc12. The van der Waals surface area contributed by atoms with Gasteiger partial charge in [-0.05, 0) is 79.8 Å². The predicted octanol–water partition coefficient (Wildman–Crippen LogP) is 5.47. The highest BCUT2D eigenvalue weighted by Crippen LogP contribution is 2.47. The standard InChI is InChI=1S/C23H14O/c24-23-19-5-6-20(23)22-12-18-10-16-8-14-4-2-1-3-13(14)7-15(16)9-17(18)11-21(19)22/h1-12,19-20H. The molecule has 0 aliphatic heterocycles. The third-order valence-electron chi connectivity index (χ3n) is 5.64. The van der Waals surface area contributed by atoms with Crippen LogP contribution in [0.2, 0.25) is 0 Å². The minimum Gasteiger partial charge on any atom is -0.298 e. The van der Waals surface area contributed by atoms with Crippen LogP contribution in [0.25, 0.3) is 32.3 Å².